The molecule has 0 spiro atoms. The number of carboxylic acid groups (broad SMARTS) is 1. The molecule has 0 aliphatic rings. The summed E-state index contributed by atoms with van der Waals surface area (Å²) in [5, 5.41) is 19.1. The quantitative estimate of drug-likeness (QED) is 0.878. The van der Waals surface area contributed by atoms with Gasteiger partial charge in [0.2, 0.25) is 0 Å². The number of aliphatic hydroxyl groups is 1. The maximum atomic E-state index is 12.4. The Bertz CT molecular complexity index is 613. The summed E-state index contributed by atoms with van der Waals surface area (Å²) in [4.78, 5) is 24.4. The van der Waals surface area contributed by atoms with Gasteiger partial charge in [-0.3, -0.25) is 14.5 Å². The summed E-state index contributed by atoms with van der Waals surface area (Å²) in [5.41, 5.74) is 0.855. The van der Waals surface area contributed by atoms with Crippen molar-refractivity contribution in [3.8, 4) is 0 Å². The normalized spacial score (nSPS) is 11.7. The number of hydrogen-bond donors (Lipinski definition) is 2. The topological polar surface area (TPSA) is 77.8 Å². The van der Waals surface area contributed by atoms with Crippen molar-refractivity contribution in [3.63, 3.8) is 0 Å². The molecule has 0 heterocycles. The molecule has 0 saturated carbocycles. The zero-order chi connectivity index (χ0) is 15.2. The minimum atomic E-state index is -1.40. The third kappa shape index (κ3) is 3.67. The molecule has 2 aromatic carbocycles. The van der Waals surface area contributed by atoms with Gasteiger partial charge in [-0.15, -0.1) is 0 Å². The van der Waals surface area contributed by atoms with E-state index in [9.17, 15) is 14.7 Å². The van der Waals surface area contributed by atoms with E-state index < -0.39 is 24.5 Å². The molecule has 0 aromatic heterocycles. The van der Waals surface area contributed by atoms with Crippen molar-refractivity contribution in [1.82, 2.24) is 0 Å². The number of para-hydroxylation sites is 1. The standard InChI is InChI=1S/C16H15NO4/c18-14(19)11-17(13-9-5-2-6-10-13)16(21)15(20)12-7-3-1-4-8-12/h1-10,15,20H,11H2,(H,18,19). The largest absolute Gasteiger partial charge is 0.480 e. The molecule has 2 N–H and O–H groups in total. The number of anilines is 1. The van der Waals surface area contributed by atoms with Gasteiger partial charge in [-0.05, 0) is 17.7 Å². The van der Waals surface area contributed by atoms with E-state index in [1.54, 1.807) is 60.7 Å². The summed E-state index contributed by atoms with van der Waals surface area (Å²) >= 11 is 0. The Balaban J connectivity index is 2.28. The van der Waals surface area contributed by atoms with Gasteiger partial charge in [-0.25, -0.2) is 0 Å². The van der Waals surface area contributed by atoms with Gasteiger partial charge in [-0.2, -0.15) is 0 Å². The van der Waals surface area contributed by atoms with Crippen molar-refractivity contribution in [2.75, 3.05) is 11.4 Å². The van der Waals surface area contributed by atoms with Gasteiger partial charge >= 0.3 is 5.97 Å². The second-order valence-corrected chi connectivity index (χ2v) is 4.47. The van der Waals surface area contributed by atoms with Crippen LogP contribution < -0.4 is 4.90 Å². The number of carbonyl (C=O) groups excluding carboxylic acids is 1. The molecule has 1 amide bonds. The lowest BCUT2D eigenvalue weighted by molar-refractivity contribution is -0.137. The lowest BCUT2D eigenvalue weighted by Gasteiger charge is -2.23. The highest BCUT2D eigenvalue weighted by Crippen LogP contribution is 2.20. The van der Waals surface area contributed by atoms with Gasteiger partial charge in [0.15, 0.2) is 6.10 Å². The van der Waals surface area contributed by atoms with Crippen molar-refractivity contribution in [3.05, 3.63) is 66.2 Å². The predicted octanol–water partition coefficient (Wildman–Crippen LogP) is 1.84. The zero-order valence-electron chi connectivity index (χ0n) is 11.2. The molecule has 0 aliphatic carbocycles. The lowest BCUT2D eigenvalue weighted by atomic mass is 10.1. The molecule has 108 valence electrons. The Kier molecular flexibility index (Phi) is 4.68. The van der Waals surface area contributed by atoms with Crippen LogP contribution in [0.2, 0.25) is 0 Å². The monoisotopic (exact) mass is 285 g/mol. The molecule has 2 rings (SSSR count). The number of carbonyl (C=O) groups is 2. The highest BCUT2D eigenvalue weighted by molar-refractivity contribution is 6.00. The first kappa shape index (κ1) is 14.7. The van der Waals surface area contributed by atoms with Crippen LogP contribution in [0, 0.1) is 0 Å². The number of nitrogens with zero attached hydrogens (tertiary/aromatic N) is 1. The van der Waals surface area contributed by atoms with Crippen LogP contribution in [0.4, 0.5) is 5.69 Å². The number of carboxylic acids is 1. The first-order valence-corrected chi connectivity index (χ1v) is 6.41. The maximum absolute atomic E-state index is 12.4. The Morgan fingerprint density at radius 1 is 0.952 bits per heavy atom. The number of hydrogen-bond acceptors (Lipinski definition) is 3. The molecule has 21 heavy (non-hydrogen) atoms. The number of aliphatic carboxylic acids is 1. The van der Waals surface area contributed by atoms with E-state index in [2.05, 4.69) is 0 Å². The molecular formula is C16H15NO4. The SMILES string of the molecule is O=C(O)CN(C(=O)C(O)c1ccccc1)c1ccccc1. The van der Waals surface area contributed by atoms with Gasteiger partial charge in [0, 0.05) is 5.69 Å². The third-order valence-corrected chi connectivity index (χ3v) is 2.98. The molecule has 1 unspecified atom stereocenters. The molecule has 0 radical (unpaired) electrons. The molecule has 5 heteroatoms. The van der Waals surface area contributed by atoms with Gasteiger partial charge in [0.1, 0.15) is 6.54 Å². The van der Waals surface area contributed by atoms with Crippen LogP contribution in [0.1, 0.15) is 11.7 Å². The van der Waals surface area contributed by atoms with Gasteiger partial charge in [0.25, 0.3) is 5.91 Å². The Morgan fingerprint density at radius 2 is 1.48 bits per heavy atom. The molecular weight excluding hydrogens is 270 g/mol. The van der Waals surface area contributed by atoms with E-state index in [1.807, 2.05) is 0 Å². The first-order chi connectivity index (χ1) is 10.1. The van der Waals surface area contributed by atoms with Crippen LogP contribution in [0.5, 0.6) is 0 Å². The summed E-state index contributed by atoms with van der Waals surface area (Å²) in [7, 11) is 0. The van der Waals surface area contributed by atoms with Crippen molar-refractivity contribution >= 4 is 17.6 Å². The maximum Gasteiger partial charge on any atom is 0.323 e. The van der Waals surface area contributed by atoms with Crippen LogP contribution in [0.15, 0.2) is 60.7 Å². The average molecular weight is 285 g/mol. The molecule has 5 nitrogen and oxygen atoms in total. The van der Waals surface area contributed by atoms with E-state index in [0.717, 1.165) is 4.90 Å². The van der Waals surface area contributed by atoms with E-state index >= 15 is 0 Å². The summed E-state index contributed by atoms with van der Waals surface area (Å²) in [5.74, 6) is -1.82. The fraction of sp³-hybridized carbons (Fsp3) is 0.125. The summed E-state index contributed by atoms with van der Waals surface area (Å²) in [6.45, 7) is -0.507. The van der Waals surface area contributed by atoms with Crippen LogP contribution >= 0.6 is 0 Å². The first-order valence-electron chi connectivity index (χ1n) is 6.41. The fourth-order valence-corrected chi connectivity index (χ4v) is 1.97. The Labute approximate surface area is 122 Å². The molecule has 0 bridgehead atoms. The smallest absolute Gasteiger partial charge is 0.323 e. The van der Waals surface area contributed by atoms with Crippen molar-refractivity contribution in [1.29, 1.82) is 0 Å². The second kappa shape index (κ2) is 6.67. The lowest BCUT2D eigenvalue weighted by Crippen LogP contribution is -2.39. The minimum absolute atomic E-state index is 0.425. The van der Waals surface area contributed by atoms with Crippen molar-refractivity contribution in [2.24, 2.45) is 0 Å². The molecule has 0 fully saturated rings. The van der Waals surface area contributed by atoms with Crippen molar-refractivity contribution < 1.29 is 19.8 Å². The number of benzene rings is 2. The van der Waals surface area contributed by atoms with Gasteiger partial charge < -0.3 is 10.2 Å². The van der Waals surface area contributed by atoms with E-state index in [1.165, 1.54) is 0 Å². The van der Waals surface area contributed by atoms with Crippen LogP contribution in [0.3, 0.4) is 0 Å². The molecule has 1 atom stereocenters. The predicted molar refractivity (Wildman–Crippen MR) is 77.8 cm³/mol. The fourth-order valence-electron chi connectivity index (χ4n) is 1.97. The summed E-state index contributed by atoms with van der Waals surface area (Å²) in [6, 6.07) is 16.8. The van der Waals surface area contributed by atoms with Crippen LogP contribution in [-0.4, -0.2) is 28.6 Å². The number of amides is 1. The van der Waals surface area contributed by atoms with Crippen LogP contribution in [-0.2, 0) is 9.59 Å². The Hall–Kier alpha value is -2.66. The average Bonchev–Trinajstić information content (AvgIpc) is 2.53. The minimum Gasteiger partial charge on any atom is -0.480 e. The molecule has 0 aliphatic heterocycles. The highest BCUT2D eigenvalue weighted by Gasteiger charge is 2.26. The van der Waals surface area contributed by atoms with E-state index in [-0.39, 0.29) is 0 Å². The van der Waals surface area contributed by atoms with Gasteiger partial charge in [-0.1, -0.05) is 48.5 Å². The highest BCUT2D eigenvalue weighted by atomic mass is 16.4. The number of rotatable bonds is 5. The van der Waals surface area contributed by atoms with E-state index in [4.69, 9.17) is 5.11 Å². The van der Waals surface area contributed by atoms with Crippen LogP contribution in [0.25, 0.3) is 0 Å². The number of aliphatic hydroxyl groups excluding tert-OH is 1. The Morgan fingerprint density at radius 3 is 2.00 bits per heavy atom. The molecule has 2 aromatic rings. The van der Waals surface area contributed by atoms with E-state index in [0.29, 0.717) is 11.3 Å². The zero-order valence-corrected chi connectivity index (χ0v) is 11.2. The third-order valence-electron chi connectivity index (χ3n) is 2.98. The molecule has 0 saturated heterocycles. The summed E-state index contributed by atoms with van der Waals surface area (Å²) < 4.78 is 0. The second-order valence-electron chi connectivity index (χ2n) is 4.47. The van der Waals surface area contributed by atoms with Crippen molar-refractivity contribution in [2.45, 2.75) is 6.10 Å². The van der Waals surface area contributed by atoms with Gasteiger partial charge in [0.05, 0.1) is 0 Å². The summed E-state index contributed by atoms with van der Waals surface area (Å²) in [6.07, 6.45) is -1.40.